The van der Waals surface area contributed by atoms with E-state index in [0.717, 1.165) is 23.8 Å². The number of hydrogen-bond acceptors (Lipinski definition) is 1. The van der Waals surface area contributed by atoms with Crippen molar-refractivity contribution in [3.05, 3.63) is 23.8 Å². The van der Waals surface area contributed by atoms with Crippen molar-refractivity contribution in [1.82, 2.24) is 0 Å². The fourth-order valence-electron chi connectivity index (χ4n) is 3.65. The van der Waals surface area contributed by atoms with E-state index in [1.165, 1.54) is 31.3 Å². The molecular formula is C15H24O. The normalized spacial score (nSPS) is 38.4. The van der Waals surface area contributed by atoms with Crippen LogP contribution in [0.15, 0.2) is 23.8 Å². The van der Waals surface area contributed by atoms with Gasteiger partial charge >= 0.3 is 0 Å². The Morgan fingerprint density at radius 3 is 2.88 bits per heavy atom. The van der Waals surface area contributed by atoms with Crippen LogP contribution < -0.4 is 0 Å². The zero-order valence-corrected chi connectivity index (χ0v) is 10.6. The molecule has 1 nitrogen and oxygen atoms in total. The van der Waals surface area contributed by atoms with Gasteiger partial charge in [-0.2, -0.15) is 0 Å². The molecule has 2 rings (SSSR count). The minimum atomic E-state index is 0.198. The zero-order chi connectivity index (χ0) is 11.8. The maximum atomic E-state index is 8.96. The second-order valence-corrected chi connectivity index (χ2v) is 5.90. The van der Waals surface area contributed by atoms with Crippen LogP contribution in [0.1, 0.15) is 46.0 Å². The van der Waals surface area contributed by atoms with Crippen molar-refractivity contribution in [2.45, 2.75) is 46.0 Å². The predicted octanol–water partition coefficient (Wildman–Crippen LogP) is 3.70. The lowest BCUT2D eigenvalue weighted by molar-refractivity contribution is 0.240. The van der Waals surface area contributed by atoms with Gasteiger partial charge in [-0.15, -0.1) is 0 Å². The molecule has 0 heterocycles. The summed E-state index contributed by atoms with van der Waals surface area (Å²) in [5.41, 5.74) is 2.99. The molecule has 2 fully saturated rings. The van der Waals surface area contributed by atoms with Gasteiger partial charge in [0.2, 0.25) is 0 Å². The molecule has 0 aromatic carbocycles. The fraction of sp³-hybridized carbons (Fsp3) is 0.733. The van der Waals surface area contributed by atoms with Gasteiger partial charge in [-0.05, 0) is 56.3 Å². The molecule has 2 aliphatic carbocycles. The van der Waals surface area contributed by atoms with Crippen molar-refractivity contribution in [2.24, 2.45) is 17.3 Å². The van der Waals surface area contributed by atoms with Crippen LogP contribution in [0.4, 0.5) is 0 Å². The van der Waals surface area contributed by atoms with Gasteiger partial charge in [0.1, 0.15) is 0 Å². The Morgan fingerprint density at radius 2 is 2.31 bits per heavy atom. The van der Waals surface area contributed by atoms with Gasteiger partial charge in [-0.1, -0.05) is 30.7 Å². The molecule has 0 radical (unpaired) electrons. The maximum absolute atomic E-state index is 8.96. The Morgan fingerprint density at radius 1 is 1.56 bits per heavy atom. The Balaban J connectivity index is 1.96. The first-order valence-electron chi connectivity index (χ1n) is 6.53. The van der Waals surface area contributed by atoms with Crippen molar-refractivity contribution in [2.75, 3.05) is 6.61 Å². The molecule has 2 aliphatic rings. The van der Waals surface area contributed by atoms with Gasteiger partial charge in [-0.3, -0.25) is 0 Å². The van der Waals surface area contributed by atoms with Crippen LogP contribution in [0.2, 0.25) is 0 Å². The van der Waals surface area contributed by atoms with E-state index in [0.29, 0.717) is 5.41 Å². The van der Waals surface area contributed by atoms with E-state index in [9.17, 15) is 0 Å². The molecule has 2 saturated carbocycles. The summed E-state index contributed by atoms with van der Waals surface area (Å²) in [5.74, 6) is 1.70. The van der Waals surface area contributed by atoms with Crippen LogP contribution in [-0.4, -0.2) is 11.7 Å². The summed E-state index contributed by atoms with van der Waals surface area (Å²) in [6.07, 6.45) is 8.66. The largest absolute Gasteiger partial charge is 0.392 e. The Bertz CT molecular complexity index is 315. The quantitative estimate of drug-likeness (QED) is 0.716. The predicted molar refractivity (Wildman–Crippen MR) is 68.2 cm³/mol. The smallest absolute Gasteiger partial charge is 0.0639 e. The first kappa shape index (κ1) is 11.9. The van der Waals surface area contributed by atoms with E-state index in [1.807, 2.05) is 6.92 Å². The summed E-state index contributed by atoms with van der Waals surface area (Å²) in [7, 11) is 0. The number of aliphatic hydroxyl groups is 1. The Kier molecular flexibility index (Phi) is 3.25. The van der Waals surface area contributed by atoms with Gasteiger partial charge in [0.25, 0.3) is 0 Å². The first-order chi connectivity index (χ1) is 7.58. The van der Waals surface area contributed by atoms with Crippen molar-refractivity contribution in [1.29, 1.82) is 0 Å². The highest BCUT2D eigenvalue weighted by Crippen LogP contribution is 2.60. The Labute approximate surface area is 99.3 Å². The standard InChI is InChI=1S/C15H24O/c1-11(10-16)5-4-8-15(3)12(2)13-6-7-14(15)9-13/h5,13-14,16H,2,4,6-10H2,1,3H3/b11-5+/t13?,14-,15?/m0/s1. The molecule has 2 unspecified atom stereocenters. The molecule has 90 valence electrons. The molecule has 3 atom stereocenters. The topological polar surface area (TPSA) is 20.2 Å². The van der Waals surface area contributed by atoms with E-state index >= 15 is 0 Å². The summed E-state index contributed by atoms with van der Waals surface area (Å²) < 4.78 is 0. The number of rotatable bonds is 4. The lowest BCUT2D eigenvalue weighted by atomic mass is 9.69. The third-order valence-electron chi connectivity index (χ3n) is 4.97. The highest BCUT2D eigenvalue weighted by atomic mass is 16.3. The highest BCUT2D eigenvalue weighted by molar-refractivity contribution is 5.24. The van der Waals surface area contributed by atoms with Crippen LogP contribution >= 0.6 is 0 Å². The number of allylic oxidation sites excluding steroid dienone is 2. The number of aliphatic hydroxyl groups excluding tert-OH is 1. The third kappa shape index (κ3) is 1.86. The molecule has 0 aromatic rings. The molecule has 0 spiro atoms. The average Bonchev–Trinajstić information content (AvgIpc) is 2.83. The van der Waals surface area contributed by atoms with E-state index in [-0.39, 0.29) is 6.61 Å². The SMILES string of the molecule is C=C1C2CC[C@@H](C2)C1(C)CC/C=C(\C)CO. The van der Waals surface area contributed by atoms with Gasteiger partial charge in [-0.25, -0.2) is 0 Å². The molecule has 0 saturated heterocycles. The minimum Gasteiger partial charge on any atom is -0.392 e. The van der Waals surface area contributed by atoms with Crippen molar-refractivity contribution in [3.63, 3.8) is 0 Å². The Hall–Kier alpha value is -0.560. The second-order valence-electron chi connectivity index (χ2n) is 5.90. The molecule has 16 heavy (non-hydrogen) atoms. The average molecular weight is 220 g/mol. The molecule has 1 N–H and O–H groups in total. The molecule has 0 amide bonds. The van der Waals surface area contributed by atoms with Crippen molar-refractivity contribution in [3.8, 4) is 0 Å². The van der Waals surface area contributed by atoms with E-state index in [1.54, 1.807) is 0 Å². The molecule has 0 aromatic heterocycles. The summed E-state index contributed by atoms with van der Waals surface area (Å²) in [4.78, 5) is 0. The van der Waals surface area contributed by atoms with Gasteiger partial charge in [0, 0.05) is 0 Å². The highest BCUT2D eigenvalue weighted by Gasteiger charge is 2.49. The van der Waals surface area contributed by atoms with Crippen LogP contribution in [-0.2, 0) is 0 Å². The summed E-state index contributed by atoms with van der Waals surface area (Å²) in [6.45, 7) is 8.94. The maximum Gasteiger partial charge on any atom is 0.0639 e. The van der Waals surface area contributed by atoms with Crippen LogP contribution in [0.25, 0.3) is 0 Å². The van der Waals surface area contributed by atoms with Crippen LogP contribution in [0.5, 0.6) is 0 Å². The lowest BCUT2D eigenvalue weighted by Crippen LogP contribution is -2.26. The monoisotopic (exact) mass is 220 g/mol. The minimum absolute atomic E-state index is 0.198. The first-order valence-corrected chi connectivity index (χ1v) is 6.53. The van der Waals surface area contributed by atoms with Crippen LogP contribution in [0.3, 0.4) is 0 Å². The molecular weight excluding hydrogens is 196 g/mol. The second kappa shape index (κ2) is 4.37. The van der Waals surface area contributed by atoms with Gasteiger partial charge in [0.05, 0.1) is 6.61 Å². The fourth-order valence-corrected chi connectivity index (χ4v) is 3.65. The van der Waals surface area contributed by atoms with Crippen molar-refractivity contribution < 1.29 is 5.11 Å². The number of hydrogen-bond donors (Lipinski definition) is 1. The summed E-state index contributed by atoms with van der Waals surface area (Å²) in [5, 5.41) is 8.96. The van der Waals surface area contributed by atoms with Crippen LogP contribution in [0, 0.1) is 17.3 Å². The van der Waals surface area contributed by atoms with Gasteiger partial charge in [0.15, 0.2) is 0 Å². The molecule has 0 aliphatic heterocycles. The van der Waals surface area contributed by atoms with Crippen molar-refractivity contribution >= 4 is 0 Å². The van der Waals surface area contributed by atoms with E-state index in [2.05, 4.69) is 19.6 Å². The zero-order valence-electron chi connectivity index (χ0n) is 10.6. The molecule has 2 bridgehead atoms. The summed E-state index contributed by atoms with van der Waals surface area (Å²) >= 11 is 0. The van der Waals surface area contributed by atoms with E-state index in [4.69, 9.17) is 5.11 Å². The van der Waals surface area contributed by atoms with Gasteiger partial charge < -0.3 is 5.11 Å². The number of fused-ring (bicyclic) bond motifs is 2. The lowest BCUT2D eigenvalue weighted by Gasteiger charge is -2.36. The summed E-state index contributed by atoms with van der Waals surface area (Å²) in [6, 6.07) is 0. The third-order valence-corrected chi connectivity index (χ3v) is 4.97. The molecule has 1 heteroatoms. The van der Waals surface area contributed by atoms with E-state index < -0.39 is 0 Å².